The highest BCUT2D eigenvalue weighted by Gasteiger charge is 2.29. The summed E-state index contributed by atoms with van der Waals surface area (Å²) in [5, 5.41) is 48.9. The molecule has 40 heavy (non-hydrogen) atoms. The number of phenolic OH excluding ortho intramolecular Hbond substituents is 3. The molecule has 0 spiro atoms. The summed E-state index contributed by atoms with van der Waals surface area (Å²) in [6.07, 6.45) is 0.724. The van der Waals surface area contributed by atoms with Gasteiger partial charge >= 0.3 is 5.97 Å². The first-order valence-electron chi connectivity index (χ1n) is 11.5. The smallest absolute Gasteiger partial charge is 0.340 e. The van der Waals surface area contributed by atoms with Crippen LogP contribution < -0.4 is 10.9 Å². The predicted octanol–water partition coefficient (Wildman–Crippen LogP) is 3.62. The van der Waals surface area contributed by atoms with Crippen molar-refractivity contribution in [3.8, 4) is 23.0 Å². The lowest BCUT2D eigenvalue weighted by Gasteiger charge is -2.14. The molecule has 0 fully saturated rings. The number of benzene rings is 3. The highest BCUT2D eigenvalue weighted by atomic mass is 16.4. The van der Waals surface area contributed by atoms with Gasteiger partial charge in [0.25, 0.3) is 0 Å². The second kappa shape index (κ2) is 8.70. The van der Waals surface area contributed by atoms with E-state index in [1.165, 1.54) is 13.8 Å². The summed E-state index contributed by atoms with van der Waals surface area (Å²) in [5.74, 6) is -6.40. The summed E-state index contributed by atoms with van der Waals surface area (Å²) >= 11 is 0. The lowest BCUT2D eigenvalue weighted by Crippen LogP contribution is -2.20. The van der Waals surface area contributed by atoms with E-state index in [1.54, 1.807) is 0 Å². The first kappa shape index (κ1) is 26.0. The molecule has 2 aromatic heterocycles. The standard InChI is InChI=1S/C28H18O12/c1-8-4-14(30)18-23(34)12-5-11(9(2)17(10(3)29)26(12)40-27(18)21(8)32)22(33)13-7-39-16-6-15(31)25(36)20(28(37)38)19(16)24(13)35/h4-7,30-32,36H,1-3H3,(H,37,38). The first-order chi connectivity index (χ1) is 18.8. The van der Waals surface area contributed by atoms with Gasteiger partial charge in [0.2, 0.25) is 10.9 Å². The highest BCUT2D eigenvalue weighted by Crippen LogP contribution is 2.38. The van der Waals surface area contributed by atoms with Gasteiger partial charge in [-0.2, -0.15) is 0 Å². The van der Waals surface area contributed by atoms with Gasteiger partial charge in [-0.05, 0) is 44.0 Å². The molecule has 0 saturated heterocycles. The van der Waals surface area contributed by atoms with Gasteiger partial charge in [0.05, 0.1) is 16.3 Å². The molecule has 12 heteroatoms. The summed E-state index contributed by atoms with van der Waals surface area (Å²) in [4.78, 5) is 64.9. The molecule has 12 nitrogen and oxygen atoms in total. The van der Waals surface area contributed by atoms with Crippen LogP contribution in [0.2, 0.25) is 0 Å². The van der Waals surface area contributed by atoms with Gasteiger partial charge in [0, 0.05) is 11.6 Å². The molecule has 0 aliphatic carbocycles. The number of fused-ring (bicyclic) bond motifs is 3. The second-order valence-corrected chi connectivity index (χ2v) is 9.16. The van der Waals surface area contributed by atoms with Crippen LogP contribution in [0.4, 0.5) is 0 Å². The van der Waals surface area contributed by atoms with Gasteiger partial charge in [0.1, 0.15) is 39.7 Å². The van der Waals surface area contributed by atoms with Crippen molar-refractivity contribution < 1.29 is 48.8 Å². The molecule has 0 saturated carbocycles. The van der Waals surface area contributed by atoms with Gasteiger partial charge in [-0.15, -0.1) is 0 Å². The molecule has 2 heterocycles. The van der Waals surface area contributed by atoms with Crippen LogP contribution in [0.5, 0.6) is 23.0 Å². The molecule has 202 valence electrons. The molecule has 0 bridgehead atoms. The number of hydrogen-bond acceptors (Lipinski definition) is 11. The number of aromatic carboxylic acids is 1. The van der Waals surface area contributed by atoms with Crippen LogP contribution in [0.15, 0.2) is 42.9 Å². The van der Waals surface area contributed by atoms with Crippen molar-refractivity contribution in [3.05, 3.63) is 78.3 Å². The zero-order chi connectivity index (χ0) is 29.4. The fourth-order valence-corrected chi connectivity index (χ4v) is 4.78. The minimum Gasteiger partial charge on any atom is -0.507 e. The van der Waals surface area contributed by atoms with E-state index in [0.29, 0.717) is 0 Å². The maximum atomic E-state index is 13.7. The van der Waals surface area contributed by atoms with E-state index in [9.17, 15) is 49.5 Å². The number of rotatable bonds is 4. The Morgan fingerprint density at radius 3 is 2.08 bits per heavy atom. The molecule has 5 N–H and O–H groups in total. The third-order valence-corrected chi connectivity index (χ3v) is 6.71. The molecule has 5 aromatic rings. The average molecular weight is 546 g/mol. The number of carbonyl (C=O) groups excluding carboxylic acids is 2. The summed E-state index contributed by atoms with van der Waals surface area (Å²) in [5.41, 5.74) is -5.11. The summed E-state index contributed by atoms with van der Waals surface area (Å²) in [6.45, 7) is 3.96. The van der Waals surface area contributed by atoms with Gasteiger partial charge in [-0.25, -0.2) is 4.79 Å². The van der Waals surface area contributed by atoms with E-state index in [-0.39, 0.29) is 38.8 Å². The Labute approximate surface area is 221 Å². The van der Waals surface area contributed by atoms with E-state index in [2.05, 4.69) is 0 Å². The molecule has 0 aliphatic rings. The maximum Gasteiger partial charge on any atom is 0.340 e. The number of hydrogen-bond donors (Lipinski definition) is 5. The van der Waals surface area contributed by atoms with Crippen molar-refractivity contribution in [1.29, 1.82) is 0 Å². The zero-order valence-electron chi connectivity index (χ0n) is 20.9. The van der Waals surface area contributed by atoms with Crippen LogP contribution in [-0.2, 0) is 0 Å². The van der Waals surface area contributed by atoms with E-state index in [4.69, 9.17) is 8.83 Å². The molecule has 0 atom stereocenters. The molecule has 0 aliphatic heterocycles. The Morgan fingerprint density at radius 1 is 0.775 bits per heavy atom. The highest BCUT2D eigenvalue weighted by molar-refractivity contribution is 6.17. The lowest BCUT2D eigenvalue weighted by molar-refractivity contribution is 0.0694. The molecule has 5 rings (SSSR count). The number of ketones is 2. The Bertz CT molecular complexity index is 2130. The molecular weight excluding hydrogens is 528 g/mol. The average Bonchev–Trinajstić information content (AvgIpc) is 2.87. The first-order valence-corrected chi connectivity index (χ1v) is 11.5. The maximum absolute atomic E-state index is 13.7. The number of carboxylic acids is 1. The minimum atomic E-state index is -1.78. The third-order valence-electron chi connectivity index (χ3n) is 6.71. The van der Waals surface area contributed by atoms with Gasteiger partial charge < -0.3 is 34.4 Å². The number of aromatic hydroxyl groups is 4. The number of carbonyl (C=O) groups is 3. The molecule has 0 radical (unpaired) electrons. The fourth-order valence-electron chi connectivity index (χ4n) is 4.78. The minimum absolute atomic E-state index is 0.00428. The normalized spacial score (nSPS) is 11.4. The third kappa shape index (κ3) is 3.50. The van der Waals surface area contributed by atoms with Crippen molar-refractivity contribution >= 4 is 50.4 Å². The Morgan fingerprint density at radius 2 is 1.45 bits per heavy atom. The summed E-state index contributed by atoms with van der Waals surface area (Å²) in [7, 11) is 0. The number of Topliss-reactive ketones (excluding diaryl/α,β-unsaturated/α-hetero) is 1. The van der Waals surface area contributed by atoms with Crippen LogP contribution in [0.1, 0.15) is 54.7 Å². The Balaban J connectivity index is 1.88. The van der Waals surface area contributed by atoms with Crippen LogP contribution >= 0.6 is 0 Å². The topological polar surface area (TPSA) is 213 Å². The van der Waals surface area contributed by atoms with Crippen molar-refractivity contribution in [2.45, 2.75) is 20.8 Å². The molecule has 3 aromatic carbocycles. The lowest BCUT2D eigenvalue weighted by atomic mass is 9.91. The molecule has 0 amide bonds. The zero-order valence-corrected chi connectivity index (χ0v) is 20.9. The van der Waals surface area contributed by atoms with Crippen molar-refractivity contribution in [1.82, 2.24) is 0 Å². The predicted molar refractivity (Wildman–Crippen MR) is 139 cm³/mol. The quantitative estimate of drug-likeness (QED) is 0.0946. The largest absolute Gasteiger partial charge is 0.507 e. The van der Waals surface area contributed by atoms with E-state index >= 15 is 0 Å². The van der Waals surface area contributed by atoms with E-state index in [0.717, 1.165) is 31.4 Å². The number of phenols is 4. The number of carboxylic acid groups (broad SMARTS) is 1. The Kier molecular flexibility index (Phi) is 5.65. The SMILES string of the molecule is CC(=O)c1c(C)c(C(=O)c2coc3cc(O)c(O)c(C(=O)O)c3c2=O)cc2c(=O)c3c(O)cc(C)c(O)c3oc12. The Hall–Kier alpha value is -5.65. The van der Waals surface area contributed by atoms with Crippen LogP contribution in [-0.4, -0.2) is 43.1 Å². The molecular formula is C28H18O12. The second-order valence-electron chi connectivity index (χ2n) is 9.16. The van der Waals surface area contributed by atoms with E-state index in [1.807, 2.05) is 0 Å². The number of aryl methyl sites for hydroxylation is 1. The van der Waals surface area contributed by atoms with Gasteiger partial charge in [-0.1, -0.05) is 0 Å². The van der Waals surface area contributed by atoms with Crippen LogP contribution in [0.25, 0.3) is 32.9 Å². The molecule has 0 unspecified atom stereocenters. The van der Waals surface area contributed by atoms with E-state index < -0.39 is 78.9 Å². The van der Waals surface area contributed by atoms with Crippen LogP contribution in [0, 0.1) is 13.8 Å². The monoisotopic (exact) mass is 546 g/mol. The summed E-state index contributed by atoms with van der Waals surface area (Å²) in [6, 6.07) is 3.00. The van der Waals surface area contributed by atoms with Gasteiger partial charge in [0.15, 0.2) is 34.4 Å². The van der Waals surface area contributed by atoms with Crippen LogP contribution in [0.3, 0.4) is 0 Å². The van der Waals surface area contributed by atoms with Gasteiger partial charge in [-0.3, -0.25) is 19.2 Å². The van der Waals surface area contributed by atoms with Crippen molar-refractivity contribution in [3.63, 3.8) is 0 Å². The summed E-state index contributed by atoms with van der Waals surface area (Å²) < 4.78 is 11.0. The van der Waals surface area contributed by atoms with Crippen molar-refractivity contribution in [2.24, 2.45) is 0 Å². The van der Waals surface area contributed by atoms with Crippen molar-refractivity contribution in [2.75, 3.05) is 0 Å². The fraction of sp³-hybridized carbons (Fsp3) is 0.107.